The Bertz CT molecular complexity index is 1220. The molecular weight excluding hydrogens is 500 g/mol. The average molecular weight is 533 g/mol. The normalized spacial score (nSPS) is 10.2. The zero-order valence-corrected chi connectivity index (χ0v) is 22.2. The van der Waals surface area contributed by atoms with Gasteiger partial charge in [0.2, 0.25) is 0 Å². The molecule has 4 aromatic rings. The van der Waals surface area contributed by atoms with Crippen LogP contribution < -0.4 is 9.47 Å². The number of aromatic carboxylic acids is 2. The van der Waals surface area contributed by atoms with E-state index < -0.39 is 11.9 Å². The van der Waals surface area contributed by atoms with Crippen molar-refractivity contribution in [1.29, 1.82) is 0 Å². The van der Waals surface area contributed by atoms with Crippen LogP contribution in [0.3, 0.4) is 0 Å². The number of methoxy groups -OCH3 is 2. The number of hydrogen-bond acceptors (Lipinski definition) is 6. The van der Waals surface area contributed by atoms with Gasteiger partial charge in [-0.25, -0.2) is 9.59 Å². The first kappa shape index (κ1) is 30.2. The molecule has 0 saturated heterocycles. The minimum absolute atomic E-state index is 0.151. The van der Waals surface area contributed by atoms with Crippen LogP contribution in [-0.2, 0) is 5.41 Å². The number of phenolic OH excluding ortho intramolecular Hbond substituents is 2. The predicted molar refractivity (Wildman–Crippen MR) is 148 cm³/mol. The highest BCUT2D eigenvalue weighted by atomic mass is 16.5. The summed E-state index contributed by atoms with van der Waals surface area (Å²) in [7, 11) is 3.07. The van der Waals surface area contributed by atoms with Gasteiger partial charge in [0, 0.05) is 5.41 Å². The number of carboxylic acid groups (broad SMARTS) is 2. The molecule has 0 aromatic heterocycles. The molecule has 0 fully saturated rings. The Balaban J connectivity index is 0.000000214. The Morgan fingerprint density at radius 1 is 0.538 bits per heavy atom. The topological polar surface area (TPSA) is 134 Å². The summed E-state index contributed by atoms with van der Waals surface area (Å²) in [6, 6.07) is 26.9. The quantitative estimate of drug-likeness (QED) is 0.230. The van der Waals surface area contributed by atoms with Crippen molar-refractivity contribution in [2.24, 2.45) is 0 Å². The van der Waals surface area contributed by atoms with E-state index in [0.29, 0.717) is 11.5 Å². The second-order valence-corrected chi connectivity index (χ2v) is 8.79. The molecule has 0 aliphatic rings. The summed E-state index contributed by atoms with van der Waals surface area (Å²) in [5.74, 6) is 0.0239. The molecule has 0 saturated carbocycles. The summed E-state index contributed by atoms with van der Waals surface area (Å²) in [6.07, 6.45) is 0. The van der Waals surface area contributed by atoms with Gasteiger partial charge >= 0.3 is 11.9 Å². The van der Waals surface area contributed by atoms with E-state index >= 15 is 0 Å². The van der Waals surface area contributed by atoms with E-state index in [2.05, 4.69) is 13.8 Å². The van der Waals surface area contributed by atoms with Crippen LogP contribution in [0, 0.1) is 0 Å². The van der Waals surface area contributed by atoms with Crippen LogP contribution in [-0.4, -0.2) is 46.6 Å². The molecule has 8 heteroatoms. The number of benzene rings is 4. The first-order valence-electron chi connectivity index (χ1n) is 11.8. The zero-order valence-electron chi connectivity index (χ0n) is 22.2. The number of rotatable bonds is 6. The van der Waals surface area contributed by atoms with Crippen molar-refractivity contribution in [3.63, 3.8) is 0 Å². The summed E-state index contributed by atoms with van der Waals surface area (Å²) in [5, 5.41) is 35.6. The van der Waals surface area contributed by atoms with Crippen molar-refractivity contribution in [3.05, 3.63) is 119 Å². The van der Waals surface area contributed by atoms with E-state index in [1.165, 1.54) is 38.5 Å². The lowest BCUT2D eigenvalue weighted by Crippen LogP contribution is -2.18. The third-order valence-corrected chi connectivity index (χ3v) is 5.85. The van der Waals surface area contributed by atoms with Gasteiger partial charge in [0.15, 0.2) is 0 Å². The third-order valence-electron chi connectivity index (χ3n) is 5.85. The van der Waals surface area contributed by atoms with Crippen LogP contribution in [0.5, 0.6) is 23.0 Å². The van der Waals surface area contributed by atoms with Gasteiger partial charge < -0.3 is 29.9 Å². The zero-order chi connectivity index (χ0) is 29.0. The highest BCUT2D eigenvalue weighted by Crippen LogP contribution is 2.32. The Labute approximate surface area is 227 Å². The lowest BCUT2D eigenvalue weighted by Gasteiger charge is -2.26. The standard InChI is InChI=1S/C15H16O2.2C8H8O3/c1-15(2,11-3-7-13(16)8-4-11)12-5-9-14(17)10-6-12;2*1-11-7-4-2-6(3-5-7)8(9)10/h3-10,16-17H,1-2H3;2*2-5H,1H3,(H,9,10). The number of hydrogen-bond donors (Lipinski definition) is 4. The fraction of sp³-hybridized carbons (Fsp3) is 0.161. The highest BCUT2D eigenvalue weighted by molar-refractivity contribution is 5.88. The smallest absolute Gasteiger partial charge is 0.335 e. The number of carbonyl (C=O) groups is 2. The maximum absolute atomic E-state index is 10.4. The fourth-order valence-electron chi connectivity index (χ4n) is 3.39. The molecule has 4 N–H and O–H groups in total. The van der Waals surface area contributed by atoms with Crippen molar-refractivity contribution in [2.45, 2.75) is 19.3 Å². The van der Waals surface area contributed by atoms with Gasteiger partial charge in [0.05, 0.1) is 25.3 Å². The van der Waals surface area contributed by atoms with Gasteiger partial charge in [-0.2, -0.15) is 0 Å². The van der Waals surface area contributed by atoms with Crippen molar-refractivity contribution in [3.8, 4) is 23.0 Å². The number of carboxylic acids is 2. The molecule has 4 rings (SSSR count). The predicted octanol–water partition coefficient (Wildman–Crippen LogP) is 6.21. The molecule has 8 nitrogen and oxygen atoms in total. The molecule has 0 radical (unpaired) electrons. The first-order valence-corrected chi connectivity index (χ1v) is 11.8. The summed E-state index contributed by atoms with van der Waals surface area (Å²) in [4.78, 5) is 20.7. The minimum Gasteiger partial charge on any atom is -0.508 e. The number of ether oxygens (including phenoxy) is 2. The SMILES string of the molecule is CC(C)(c1ccc(O)cc1)c1ccc(O)cc1.COc1ccc(C(=O)O)cc1.COc1ccc(C(=O)O)cc1. The van der Waals surface area contributed by atoms with Crippen LogP contribution in [0.4, 0.5) is 0 Å². The van der Waals surface area contributed by atoms with E-state index in [4.69, 9.17) is 19.7 Å². The Kier molecular flexibility index (Phi) is 10.9. The first-order chi connectivity index (χ1) is 18.5. The van der Waals surface area contributed by atoms with E-state index in [1.54, 1.807) is 48.5 Å². The highest BCUT2D eigenvalue weighted by Gasteiger charge is 2.22. The van der Waals surface area contributed by atoms with Gasteiger partial charge in [0.25, 0.3) is 0 Å². The molecule has 0 aliphatic heterocycles. The molecule has 0 heterocycles. The molecule has 39 heavy (non-hydrogen) atoms. The largest absolute Gasteiger partial charge is 0.508 e. The molecule has 0 amide bonds. The van der Waals surface area contributed by atoms with Crippen LogP contribution in [0.1, 0.15) is 45.7 Å². The molecule has 204 valence electrons. The number of phenols is 2. The summed E-state index contributed by atoms with van der Waals surface area (Å²) in [6.45, 7) is 4.23. The molecule has 0 bridgehead atoms. The Morgan fingerprint density at radius 3 is 1.05 bits per heavy atom. The van der Waals surface area contributed by atoms with Gasteiger partial charge in [-0.1, -0.05) is 38.1 Å². The van der Waals surface area contributed by atoms with Crippen LogP contribution >= 0.6 is 0 Å². The van der Waals surface area contributed by atoms with E-state index in [1.807, 2.05) is 24.3 Å². The second kappa shape index (κ2) is 14.1. The molecule has 0 aliphatic carbocycles. The molecule has 4 aromatic carbocycles. The van der Waals surface area contributed by atoms with Crippen molar-refractivity contribution in [1.82, 2.24) is 0 Å². The van der Waals surface area contributed by atoms with Gasteiger partial charge in [-0.3, -0.25) is 0 Å². The van der Waals surface area contributed by atoms with Crippen LogP contribution in [0.25, 0.3) is 0 Å². The van der Waals surface area contributed by atoms with Gasteiger partial charge in [0.1, 0.15) is 23.0 Å². The molecular formula is C31H32O8. The lowest BCUT2D eigenvalue weighted by atomic mass is 9.78. The maximum Gasteiger partial charge on any atom is 0.335 e. The van der Waals surface area contributed by atoms with E-state index in [9.17, 15) is 19.8 Å². The summed E-state index contributed by atoms with van der Waals surface area (Å²) < 4.78 is 9.71. The summed E-state index contributed by atoms with van der Waals surface area (Å²) >= 11 is 0. The van der Waals surface area contributed by atoms with Crippen molar-refractivity contribution >= 4 is 11.9 Å². The monoisotopic (exact) mass is 532 g/mol. The van der Waals surface area contributed by atoms with E-state index in [-0.39, 0.29) is 28.0 Å². The minimum atomic E-state index is -0.923. The molecule has 0 spiro atoms. The molecule has 0 unspecified atom stereocenters. The number of aromatic hydroxyl groups is 2. The Morgan fingerprint density at radius 2 is 0.821 bits per heavy atom. The van der Waals surface area contributed by atoms with Crippen molar-refractivity contribution < 1.29 is 39.5 Å². The third kappa shape index (κ3) is 9.12. The molecule has 0 atom stereocenters. The van der Waals surface area contributed by atoms with Gasteiger partial charge in [-0.15, -0.1) is 0 Å². The summed E-state index contributed by atoms with van der Waals surface area (Å²) in [5.41, 5.74) is 2.64. The van der Waals surface area contributed by atoms with Gasteiger partial charge in [-0.05, 0) is 83.9 Å². The average Bonchev–Trinajstić information content (AvgIpc) is 2.94. The fourth-order valence-corrected chi connectivity index (χ4v) is 3.39. The maximum atomic E-state index is 10.4. The van der Waals surface area contributed by atoms with Crippen LogP contribution in [0.2, 0.25) is 0 Å². The Hall–Kier alpha value is -4.98. The lowest BCUT2D eigenvalue weighted by molar-refractivity contribution is 0.0686. The second-order valence-electron chi connectivity index (χ2n) is 8.79. The van der Waals surface area contributed by atoms with E-state index in [0.717, 1.165) is 11.1 Å². The van der Waals surface area contributed by atoms with Crippen molar-refractivity contribution in [2.75, 3.05) is 14.2 Å². The van der Waals surface area contributed by atoms with Crippen LogP contribution in [0.15, 0.2) is 97.1 Å².